The summed E-state index contributed by atoms with van der Waals surface area (Å²) in [5.41, 5.74) is 4.30. The molecule has 0 unspecified atom stereocenters. The van der Waals surface area contributed by atoms with Gasteiger partial charge < -0.3 is 5.32 Å². The molecular formula is C19H18N6O3S. The topological polar surface area (TPSA) is 106 Å². The summed E-state index contributed by atoms with van der Waals surface area (Å²) in [5.74, 6) is 0. The van der Waals surface area contributed by atoms with E-state index < -0.39 is 4.92 Å². The molecule has 0 aliphatic rings. The third kappa shape index (κ3) is 4.22. The Bertz CT molecular complexity index is 1150. The molecule has 10 heteroatoms. The van der Waals surface area contributed by atoms with E-state index in [0.29, 0.717) is 16.9 Å². The van der Waals surface area contributed by atoms with Gasteiger partial charge in [0.2, 0.25) is 0 Å². The second kappa shape index (κ2) is 8.48. The fourth-order valence-corrected chi connectivity index (χ4v) is 2.93. The Morgan fingerprint density at radius 2 is 1.83 bits per heavy atom. The highest BCUT2D eigenvalue weighted by Crippen LogP contribution is 2.15. The molecule has 0 atom stereocenters. The maximum Gasteiger partial charge on any atom is 0.295 e. The molecule has 1 heterocycles. The van der Waals surface area contributed by atoms with Crippen LogP contribution < -0.4 is 16.3 Å². The summed E-state index contributed by atoms with van der Waals surface area (Å²) in [5, 5.41) is 17.9. The van der Waals surface area contributed by atoms with Crippen LogP contribution in [0.5, 0.6) is 0 Å². The number of aromatic nitrogens is 2. The molecule has 0 aliphatic carbocycles. The van der Waals surface area contributed by atoms with Crippen LogP contribution in [-0.4, -0.2) is 25.6 Å². The van der Waals surface area contributed by atoms with Gasteiger partial charge in [-0.3, -0.25) is 25.0 Å². The monoisotopic (exact) mass is 410 g/mol. The molecule has 29 heavy (non-hydrogen) atoms. The highest BCUT2D eigenvalue weighted by Gasteiger charge is 2.17. The molecule has 2 N–H and O–H groups in total. The summed E-state index contributed by atoms with van der Waals surface area (Å²) in [7, 11) is 1.78. The number of hydrogen-bond donors (Lipinski definition) is 2. The van der Waals surface area contributed by atoms with E-state index in [2.05, 4.69) is 15.8 Å². The Kier molecular flexibility index (Phi) is 5.84. The lowest BCUT2D eigenvalue weighted by Crippen LogP contribution is -2.28. The first-order chi connectivity index (χ1) is 13.9. The Morgan fingerprint density at radius 1 is 1.17 bits per heavy atom. The van der Waals surface area contributed by atoms with Crippen LogP contribution >= 0.6 is 12.2 Å². The van der Waals surface area contributed by atoms with Crippen LogP contribution in [0.15, 0.2) is 64.5 Å². The summed E-state index contributed by atoms with van der Waals surface area (Å²) in [6.45, 7) is 1.79. The maximum absolute atomic E-state index is 12.8. The quantitative estimate of drug-likeness (QED) is 0.290. The van der Waals surface area contributed by atoms with Crippen molar-refractivity contribution in [2.45, 2.75) is 6.92 Å². The van der Waals surface area contributed by atoms with Gasteiger partial charge in [0.25, 0.3) is 11.2 Å². The van der Waals surface area contributed by atoms with Gasteiger partial charge in [0.15, 0.2) is 5.11 Å². The molecule has 0 aliphatic heterocycles. The first kappa shape index (κ1) is 20.0. The predicted molar refractivity (Wildman–Crippen MR) is 116 cm³/mol. The van der Waals surface area contributed by atoms with E-state index in [9.17, 15) is 14.9 Å². The molecule has 0 saturated heterocycles. The first-order valence-electron chi connectivity index (χ1n) is 8.57. The number of anilines is 1. The van der Waals surface area contributed by atoms with Crippen molar-refractivity contribution in [1.29, 1.82) is 0 Å². The lowest BCUT2D eigenvalue weighted by molar-refractivity contribution is -0.385. The number of para-hydroxylation sites is 2. The van der Waals surface area contributed by atoms with E-state index in [1.807, 2.05) is 30.3 Å². The van der Waals surface area contributed by atoms with Crippen LogP contribution in [0.3, 0.4) is 0 Å². The number of hydrazone groups is 1. The van der Waals surface area contributed by atoms with Gasteiger partial charge in [0, 0.05) is 13.1 Å². The van der Waals surface area contributed by atoms with Crippen molar-refractivity contribution in [2.24, 2.45) is 12.1 Å². The largest absolute Gasteiger partial charge is 0.325 e. The third-order valence-corrected chi connectivity index (χ3v) is 4.49. The number of rotatable bonds is 5. The van der Waals surface area contributed by atoms with Crippen molar-refractivity contribution >= 4 is 34.9 Å². The average Bonchev–Trinajstić information content (AvgIpc) is 2.92. The average molecular weight is 410 g/mol. The number of nitro groups is 1. The lowest BCUT2D eigenvalue weighted by atomic mass is 10.2. The molecule has 0 fully saturated rings. The van der Waals surface area contributed by atoms with Crippen LogP contribution in [-0.2, 0) is 7.05 Å². The molecule has 1 aromatic heterocycles. The van der Waals surface area contributed by atoms with Crippen molar-refractivity contribution in [3.63, 3.8) is 0 Å². The molecule has 9 nitrogen and oxygen atoms in total. The molecule has 0 bridgehead atoms. The normalized spacial score (nSPS) is 10.8. The summed E-state index contributed by atoms with van der Waals surface area (Å²) >= 11 is 5.20. The smallest absolute Gasteiger partial charge is 0.295 e. The predicted octanol–water partition coefficient (Wildman–Crippen LogP) is 2.71. The zero-order chi connectivity index (χ0) is 21.0. The summed E-state index contributed by atoms with van der Waals surface area (Å²) in [6.07, 6.45) is 1.30. The second-order valence-electron chi connectivity index (χ2n) is 6.08. The Morgan fingerprint density at radius 3 is 2.52 bits per heavy atom. The number of nitrogens with zero attached hydrogens (tertiary/aromatic N) is 4. The number of benzene rings is 2. The summed E-state index contributed by atoms with van der Waals surface area (Å²) < 4.78 is 3.25. The van der Waals surface area contributed by atoms with E-state index in [0.717, 1.165) is 5.69 Å². The van der Waals surface area contributed by atoms with Gasteiger partial charge >= 0.3 is 0 Å². The molecule has 3 aromatic rings. The van der Waals surface area contributed by atoms with Crippen molar-refractivity contribution in [1.82, 2.24) is 14.8 Å². The van der Waals surface area contributed by atoms with Crippen molar-refractivity contribution < 1.29 is 4.92 Å². The van der Waals surface area contributed by atoms with E-state index in [1.54, 1.807) is 36.9 Å². The minimum Gasteiger partial charge on any atom is -0.325 e. The molecule has 148 valence electrons. The fraction of sp³-hybridized carbons (Fsp3) is 0.105. The van der Waals surface area contributed by atoms with Gasteiger partial charge in [0.05, 0.1) is 28.1 Å². The van der Waals surface area contributed by atoms with Crippen molar-refractivity contribution in [3.8, 4) is 5.69 Å². The van der Waals surface area contributed by atoms with Gasteiger partial charge in [-0.15, -0.1) is 0 Å². The van der Waals surface area contributed by atoms with Gasteiger partial charge in [-0.05, 0) is 37.3 Å². The van der Waals surface area contributed by atoms with Crippen LogP contribution in [0, 0.1) is 17.0 Å². The molecule has 0 spiro atoms. The number of nitrogens with one attached hydrogen (secondary N) is 2. The highest BCUT2D eigenvalue weighted by atomic mass is 32.1. The molecule has 0 radical (unpaired) electrons. The number of nitro benzene ring substituents is 1. The molecule has 0 saturated carbocycles. The Balaban J connectivity index is 1.77. The third-order valence-electron chi connectivity index (χ3n) is 4.30. The van der Waals surface area contributed by atoms with Gasteiger partial charge in [-0.1, -0.05) is 30.3 Å². The molecule has 2 aromatic carbocycles. The number of thiocarbonyl (C=S) groups is 1. The van der Waals surface area contributed by atoms with Gasteiger partial charge in [-0.25, -0.2) is 4.68 Å². The molecular weight excluding hydrogens is 392 g/mol. The van der Waals surface area contributed by atoms with E-state index in [4.69, 9.17) is 12.2 Å². The number of hydrogen-bond acceptors (Lipinski definition) is 5. The lowest BCUT2D eigenvalue weighted by Gasteiger charge is -2.07. The first-order valence-corrected chi connectivity index (χ1v) is 8.98. The Labute approximate surface area is 171 Å². The summed E-state index contributed by atoms with van der Waals surface area (Å²) in [6, 6.07) is 15.4. The maximum atomic E-state index is 12.8. The molecule has 3 rings (SSSR count). The van der Waals surface area contributed by atoms with Crippen LogP contribution in [0.2, 0.25) is 0 Å². The van der Waals surface area contributed by atoms with Gasteiger partial charge in [-0.2, -0.15) is 5.10 Å². The zero-order valence-corrected chi connectivity index (χ0v) is 16.5. The zero-order valence-electron chi connectivity index (χ0n) is 15.7. The van der Waals surface area contributed by atoms with Gasteiger partial charge in [0.1, 0.15) is 5.69 Å². The SMILES string of the molecule is Cc1c(NC(=S)NN=Cc2ccccc2[N+](=O)[O-])c(=O)n(-c2ccccc2)n1C. The van der Waals surface area contributed by atoms with Crippen LogP contribution in [0.25, 0.3) is 5.69 Å². The van der Waals surface area contributed by atoms with E-state index >= 15 is 0 Å². The van der Waals surface area contributed by atoms with Crippen LogP contribution in [0.4, 0.5) is 11.4 Å². The standard InChI is InChI=1S/C19H18N6O3S/c1-13-17(18(26)24(23(13)2)15-9-4-3-5-10-15)21-19(29)22-20-12-14-8-6-7-11-16(14)25(27)28/h3-12H,1-2H3,(H2,21,22,29). The van der Waals surface area contributed by atoms with Crippen LogP contribution in [0.1, 0.15) is 11.3 Å². The highest BCUT2D eigenvalue weighted by molar-refractivity contribution is 7.80. The van der Waals surface area contributed by atoms with Crippen molar-refractivity contribution in [3.05, 3.63) is 86.3 Å². The van der Waals surface area contributed by atoms with E-state index in [1.165, 1.54) is 17.0 Å². The second-order valence-corrected chi connectivity index (χ2v) is 6.48. The molecule has 0 amide bonds. The minimum absolute atomic E-state index is 0.0680. The minimum atomic E-state index is -0.489. The fourth-order valence-electron chi connectivity index (χ4n) is 2.78. The summed E-state index contributed by atoms with van der Waals surface area (Å²) in [4.78, 5) is 23.4. The Hall–Kier alpha value is -3.79. The van der Waals surface area contributed by atoms with Crippen molar-refractivity contribution in [2.75, 3.05) is 5.32 Å². The van der Waals surface area contributed by atoms with E-state index in [-0.39, 0.29) is 16.4 Å².